The molecule has 1 rings (SSSR count). The van der Waals surface area contributed by atoms with Crippen LogP contribution in [0.25, 0.3) is 0 Å². The molecule has 0 aliphatic carbocycles. The number of rotatable bonds is 2. The molecule has 0 fully saturated rings. The molecule has 7 heteroatoms. The van der Waals surface area contributed by atoms with E-state index in [1.54, 1.807) is 12.1 Å². The highest BCUT2D eigenvalue weighted by molar-refractivity contribution is 6.36. The average Bonchev–Trinajstić information content (AvgIpc) is 2.20. The molecule has 0 heterocycles. The first-order valence-corrected chi connectivity index (χ1v) is 5.61. The second kappa shape index (κ2) is 5.75. The normalized spacial score (nSPS) is 11.4. The molecule has 0 aromatic heterocycles. The van der Waals surface area contributed by atoms with Crippen LogP contribution < -0.4 is 17.2 Å². The number of hydrogen-bond donors (Lipinski definition) is 3. The van der Waals surface area contributed by atoms with Crippen LogP contribution in [-0.2, 0) is 6.42 Å². The Hall–Kier alpha value is -1.46. The molecule has 0 atom stereocenters. The van der Waals surface area contributed by atoms with Gasteiger partial charge in [0.05, 0.1) is 10.7 Å². The zero-order valence-corrected chi connectivity index (χ0v) is 10.8. The first-order chi connectivity index (χ1) is 7.93. The summed E-state index contributed by atoms with van der Waals surface area (Å²) in [6.45, 7) is 1.96. The van der Waals surface area contributed by atoms with E-state index >= 15 is 0 Å². The highest BCUT2D eigenvalue weighted by Gasteiger charge is 2.07. The van der Waals surface area contributed by atoms with Crippen molar-refractivity contribution in [2.45, 2.75) is 13.3 Å². The van der Waals surface area contributed by atoms with Crippen molar-refractivity contribution in [3.05, 3.63) is 27.7 Å². The van der Waals surface area contributed by atoms with E-state index in [0.717, 1.165) is 5.56 Å². The summed E-state index contributed by atoms with van der Waals surface area (Å²) in [5.74, 6) is -0.210. The zero-order chi connectivity index (χ0) is 13.0. The maximum atomic E-state index is 6.04. The Balaban J connectivity index is 3.27. The maximum Gasteiger partial charge on any atom is 0.223 e. The van der Waals surface area contributed by atoms with Crippen molar-refractivity contribution in [2.75, 3.05) is 0 Å². The summed E-state index contributed by atoms with van der Waals surface area (Å²) in [6, 6.07) is 3.36. The molecule has 17 heavy (non-hydrogen) atoms. The number of benzene rings is 1. The predicted octanol–water partition coefficient (Wildman–Crippen LogP) is 1.78. The van der Waals surface area contributed by atoms with Crippen LogP contribution in [0.4, 0.5) is 5.69 Å². The SMILES string of the molecule is CCc1cc(Cl)cc(Cl)c1N=C(N)N=C(N)N. The number of guanidine groups is 2. The second-order valence-corrected chi connectivity index (χ2v) is 4.10. The van der Waals surface area contributed by atoms with Crippen LogP contribution >= 0.6 is 23.2 Å². The summed E-state index contributed by atoms with van der Waals surface area (Å²) in [5, 5.41) is 0.953. The van der Waals surface area contributed by atoms with Gasteiger partial charge in [-0.3, -0.25) is 0 Å². The fourth-order valence-electron chi connectivity index (χ4n) is 1.29. The Morgan fingerprint density at radius 3 is 2.41 bits per heavy atom. The van der Waals surface area contributed by atoms with Crippen LogP contribution in [0.1, 0.15) is 12.5 Å². The molecule has 0 radical (unpaired) electrons. The maximum absolute atomic E-state index is 6.04. The van der Waals surface area contributed by atoms with Crippen LogP contribution in [0.2, 0.25) is 10.0 Å². The monoisotopic (exact) mass is 273 g/mol. The van der Waals surface area contributed by atoms with Gasteiger partial charge < -0.3 is 17.2 Å². The Labute approximate surface area is 109 Å². The first-order valence-electron chi connectivity index (χ1n) is 4.85. The number of aliphatic imine (C=N–C) groups is 2. The van der Waals surface area contributed by atoms with Gasteiger partial charge in [0.2, 0.25) is 5.96 Å². The third-order valence-corrected chi connectivity index (χ3v) is 2.46. The number of nitrogens with zero attached hydrogens (tertiary/aromatic N) is 2. The lowest BCUT2D eigenvalue weighted by Gasteiger charge is -2.06. The van der Waals surface area contributed by atoms with E-state index in [1.807, 2.05) is 6.92 Å². The van der Waals surface area contributed by atoms with Gasteiger partial charge in [0.1, 0.15) is 0 Å². The largest absolute Gasteiger partial charge is 0.370 e. The summed E-state index contributed by atoms with van der Waals surface area (Å²) in [7, 11) is 0. The molecule has 0 bridgehead atoms. The molecule has 1 aromatic carbocycles. The van der Waals surface area contributed by atoms with Gasteiger partial charge in [0, 0.05) is 5.02 Å². The predicted molar refractivity (Wildman–Crippen MR) is 72.9 cm³/mol. The lowest BCUT2D eigenvalue weighted by molar-refractivity contribution is 1.13. The first kappa shape index (κ1) is 13.6. The quantitative estimate of drug-likeness (QED) is 0.565. The third-order valence-electron chi connectivity index (χ3n) is 1.96. The summed E-state index contributed by atoms with van der Waals surface area (Å²) in [6.07, 6.45) is 0.716. The number of aryl methyl sites for hydroxylation is 1. The Bertz CT molecular complexity index is 478. The van der Waals surface area contributed by atoms with Crippen LogP contribution in [0.15, 0.2) is 22.1 Å². The average molecular weight is 274 g/mol. The fourth-order valence-corrected chi connectivity index (χ4v) is 1.86. The van der Waals surface area contributed by atoms with E-state index < -0.39 is 0 Å². The molecule has 0 aliphatic heterocycles. The van der Waals surface area contributed by atoms with Crippen molar-refractivity contribution in [3.63, 3.8) is 0 Å². The lowest BCUT2D eigenvalue weighted by Crippen LogP contribution is -2.26. The second-order valence-electron chi connectivity index (χ2n) is 3.26. The molecule has 0 saturated carbocycles. The molecule has 0 saturated heterocycles. The molecule has 1 aromatic rings. The Morgan fingerprint density at radius 2 is 1.88 bits per heavy atom. The van der Waals surface area contributed by atoms with E-state index in [1.165, 1.54) is 0 Å². The summed E-state index contributed by atoms with van der Waals surface area (Å²) in [4.78, 5) is 7.69. The van der Waals surface area contributed by atoms with Gasteiger partial charge in [0.25, 0.3) is 0 Å². The van der Waals surface area contributed by atoms with Crippen molar-refractivity contribution in [1.82, 2.24) is 0 Å². The smallest absolute Gasteiger partial charge is 0.223 e. The van der Waals surface area contributed by atoms with Gasteiger partial charge in [-0.15, -0.1) is 0 Å². The molecule has 0 spiro atoms. The summed E-state index contributed by atoms with van der Waals surface area (Å²) >= 11 is 11.9. The van der Waals surface area contributed by atoms with Gasteiger partial charge >= 0.3 is 0 Å². The van der Waals surface area contributed by atoms with E-state index in [9.17, 15) is 0 Å². The van der Waals surface area contributed by atoms with E-state index in [-0.39, 0.29) is 11.9 Å². The molecule has 0 aliphatic rings. The van der Waals surface area contributed by atoms with Gasteiger partial charge in [-0.05, 0) is 24.1 Å². The van der Waals surface area contributed by atoms with Crippen LogP contribution in [-0.4, -0.2) is 11.9 Å². The Kier molecular flexibility index (Phi) is 4.60. The van der Waals surface area contributed by atoms with E-state index in [0.29, 0.717) is 22.2 Å². The molecule has 0 amide bonds. The van der Waals surface area contributed by atoms with Gasteiger partial charge in [-0.1, -0.05) is 30.1 Å². The minimum Gasteiger partial charge on any atom is -0.370 e. The van der Waals surface area contributed by atoms with Crippen molar-refractivity contribution in [1.29, 1.82) is 0 Å². The van der Waals surface area contributed by atoms with Crippen molar-refractivity contribution < 1.29 is 0 Å². The highest BCUT2D eigenvalue weighted by atomic mass is 35.5. The fraction of sp³-hybridized carbons (Fsp3) is 0.200. The topological polar surface area (TPSA) is 103 Å². The lowest BCUT2D eigenvalue weighted by atomic mass is 10.1. The van der Waals surface area contributed by atoms with Gasteiger partial charge in [-0.2, -0.15) is 4.99 Å². The number of halogens is 2. The molecular weight excluding hydrogens is 261 g/mol. The number of nitrogens with two attached hydrogens (primary N) is 3. The molecular formula is C10H13Cl2N5. The molecule has 92 valence electrons. The zero-order valence-electron chi connectivity index (χ0n) is 9.24. The van der Waals surface area contributed by atoms with E-state index in [2.05, 4.69) is 9.98 Å². The number of hydrogen-bond acceptors (Lipinski definition) is 1. The Morgan fingerprint density at radius 1 is 1.24 bits per heavy atom. The molecule has 0 unspecified atom stereocenters. The van der Waals surface area contributed by atoms with Crippen LogP contribution in [0.5, 0.6) is 0 Å². The van der Waals surface area contributed by atoms with Crippen LogP contribution in [0, 0.1) is 0 Å². The molecule has 6 N–H and O–H groups in total. The standard InChI is InChI=1S/C10H13Cl2N5/c1-2-5-3-6(11)4-7(12)8(5)16-10(15)17-9(13)14/h3-4H,2H2,1H3,(H6,13,14,15,16,17). The third kappa shape index (κ3) is 3.80. The minimum atomic E-state index is -0.158. The van der Waals surface area contributed by atoms with Crippen LogP contribution in [0.3, 0.4) is 0 Å². The molecule has 5 nitrogen and oxygen atoms in total. The van der Waals surface area contributed by atoms with Crippen molar-refractivity contribution in [2.24, 2.45) is 27.2 Å². The summed E-state index contributed by atoms with van der Waals surface area (Å²) in [5.41, 5.74) is 17.3. The van der Waals surface area contributed by atoms with E-state index in [4.69, 9.17) is 40.4 Å². The summed E-state index contributed by atoms with van der Waals surface area (Å²) < 4.78 is 0. The minimum absolute atomic E-state index is 0.0519. The van der Waals surface area contributed by atoms with Gasteiger partial charge in [0.15, 0.2) is 5.96 Å². The van der Waals surface area contributed by atoms with Crippen molar-refractivity contribution >= 4 is 40.8 Å². The highest BCUT2D eigenvalue weighted by Crippen LogP contribution is 2.32. The van der Waals surface area contributed by atoms with Crippen molar-refractivity contribution in [3.8, 4) is 0 Å². The van der Waals surface area contributed by atoms with Gasteiger partial charge in [-0.25, -0.2) is 4.99 Å².